The van der Waals surface area contributed by atoms with Crippen molar-refractivity contribution in [1.29, 1.82) is 0 Å². The van der Waals surface area contributed by atoms with Crippen LogP contribution in [0.15, 0.2) is 30.5 Å². The lowest BCUT2D eigenvalue weighted by Gasteiger charge is -2.05. The standard InChI is InChI=1S/C13H14ClN3OS/c1-8(2)11-7-15-13(19-11)17-12(18)16-10-5-3-4-9(14)6-10/h3-8H,1-2H3,(H2,15,16,17,18). The summed E-state index contributed by atoms with van der Waals surface area (Å²) in [5.41, 5.74) is 0.644. The van der Waals surface area contributed by atoms with Gasteiger partial charge < -0.3 is 5.32 Å². The van der Waals surface area contributed by atoms with Crippen LogP contribution in [0, 0.1) is 0 Å². The van der Waals surface area contributed by atoms with Crippen LogP contribution < -0.4 is 10.6 Å². The van der Waals surface area contributed by atoms with Gasteiger partial charge in [-0.1, -0.05) is 31.5 Å². The van der Waals surface area contributed by atoms with Crippen LogP contribution in [-0.2, 0) is 0 Å². The number of aromatic nitrogens is 1. The highest BCUT2D eigenvalue weighted by Crippen LogP contribution is 2.25. The third-order valence-corrected chi connectivity index (χ3v) is 3.84. The van der Waals surface area contributed by atoms with E-state index < -0.39 is 0 Å². The first-order chi connectivity index (χ1) is 9.04. The molecule has 0 unspecified atom stereocenters. The molecule has 1 heterocycles. The van der Waals surface area contributed by atoms with E-state index in [1.165, 1.54) is 11.3 Å². The quantitative estimate of drug-likeness (QED) is 0.872. The molecular formula is C13H14ClN3OS. The van der Waals surface area contributed by atoms with E-state index in [0.29, 0.717) is 21.8 Å². The lowest BCUT2D eigenvalue weighted by atomic mass is 10.2. The molecule has 0 bridgehead atoms. The number of thiazole rings is 1. The molecule has 0 aliphatic carbocycles. The van der Waals surface area contributed by atoms with Gasteiger partial charge in [0.05, 0.1) is 0 Å². The molecule has 2 aromatic rings. The van der Waals surface area contributed by atoms with E-state index in [1.54, 1.807) is 30.5 Å². The Balaban J connectivity index is 1.97. The molecule has 1 aromatic heterocycles. The number of hydrogen-bond donors (Lipinski definition) is 2. The van der Waals surface area contributed by atoms with Gasteiger partial charge in [0.2, 0.25) is 0 Å². The number of nitrogens with one attached hydrogen (secondary N) is 2. The normalized spacial score (nSPS) is 10.5. The highest BCUT2D eigenvalue weighted by atomic mass is 35.5. The van der Waals surface area contributed by atoms with E-state index in [0.717, 1.165) is 4.88 Å². The molecule has 2 rings (SSSR count). The van der Waals surface area contributed by atoms with E-state index in [-0.39, 0.29) is 6.03 Å². The molecule has 19 heavy (non-hydrogen) atoms. The Kier molecular flexibility index (Phi) is 4.39. The molecule has 0 spiro atoms. The molecule has 2 amide bonds. The van der Waals surface area contributed by atoms with Crippen molar-refractivity contribution < 1.29 is 4.79 Å². The number of urea groups is 1. The number of benzene rings is 1. The molecule has 4 nitrogen and oxygen atoms in total. The molecule has 1 aromatic carbocycles. The summed E-state index contributed by atoms with van der Waals surface area (Å²) >= 11 is 7.32. The van der Waals surface area contributed by atoms with Crippen molar-refractivity contribution in [1.82, 2.24) is 4.98 Å². The smallest absolute Gasteiger partial charge is 0.308 e. The van der Waals surface area contributed by atoms with E-state index in [4.69, 9.17) is 11.6 Å². The van der Waals surface area contributed by atoms with Gasteiger partial charge in [0.25, 0.3) is 0 Å². The largest absolute Gasteiger partial charge is 0.325 e. The summed E-state index contributed by atoms with van der Waals surface area (Å²) in [6, 6.07) is 6.65. The minimum Gasteiger partial charge on any atom is -0.308 e. The Bertz CT molecular complexity index is 583. The van der Waals surface area contributed by atoms with Crippen LogP contribution in [0.2, 0.25) is 5.02 Å². The molecule has 0 fully saturated rings. The fourth-order valence-corrected chi connectivity index (χ4v) is 2.44. The Morgan fingerprint density at radius 2 is 2.16 bits per heavy atom. The molecule has 0 aliphatic rings. The van der Waals surface area contributed by atoms with Crippen LogP contribution >= 0.6 is 22.9 Å². The highest BCUT2D eigenvalue weighted by Gasteiger charge is 2.08. The maximum Gasteiger partial charge on any atom is 0.325 e. The summed E-state index contributed by atoms with van der Waals surface area (Å²) in [6.07, 6.45) is 1.78. The first-order valence-electron chi connectivity index (χ1n) is 5.84. The first-order valence-corrected chi connectivity index (χ1v) is 7.03. The predicted molar refractivity (Wildman–Crippen MR) is 80.3 cm³/mol. The molecule has 0 saturated carbocycles. The summed E-state index contributed by atoms with van der Waals surface area (Å²) in [5.74, 6) is 0.407. The van der Waals surface area contributed by atoms with Gasteiger partial charge >= 0.3 is 6.03 Å². The van der Waals surface area contributed by atoms with Gasteiger partial charge in [-0.05, 0) is 24.1 Å². The molecule has 0 radical (unpaired) electrons. The zero-order valence-corrected chi connectivity index (χ0v) is 12.2. The molecular weight excluding hydrogens is 282 g/mol. The fourth-order valence-electron chi connectivity index (χ4n) is 1.44. The van der Waals surface area contributed by atoms with Crippen LogP contribution in [-0.4, -0.2) is 11.0 Å². The van der Waals surface area contributed by atoms with Crippen LogP contribution in [0.1, 0.15) is 24.6 Å². The fraction of sp³-hybridized carbons (Fsp3) is 0.231. The highest BCUT2D eigenvalue weighted by molar-refractivity contribution is 7.15. The minimum atomic E-state index is -0.327. The Morgan fingerprint density at radius 3 is 2.79 bits per heavy atom. The van der Waals surface area contributed by atoms with Gasteiger partial charge in [-0.25, -0.2) is 9.78 Å². The van der Waals surface area contributed by atoms with Crippen LogP contribution in [0.25, 0.3) is 0 Å². The molecule has 0 aliphatic heterocycles. The number of rotatable bonds is 3. The van der Waals surface area contributed by atoms with E-state index >= 15 is 0 Å². The second-order valence-corrected chi connectivity index (χ2v) is 5.81. The van der Waals surface area contributed by atoms with Gasteiger partial charge in [0.15, 0.2) is 5.13 Å². The minimum absolute atomic E-state index is 0.327. The van der Waals surface area contributed by atoms with Crippen LogP contribution in [0.3, 0.4) is 0 Å². The topological polar surface area (TPSA) is 54.0 Å². The van der Waals surface area contributed by atoms with Crippen molar-refractivity contribution in [2.45, 2.75) is 19.8 Å². The van der Waals surface area contributed by atoms with Crippen molar-refractivity contribution in [2.75, 3.05) is 10.6 Å². The summed E-state index contributed by atoms with van der Waals surface area (Å²) in [6.45, 7) is 4.17. The molecule has 0 atom stereocenters. The number of hydrogen-bond acceptors (Lipinski definition) is 3. The third-order valence-electron chi connectivity index (χ3n) is 2.40. The van der Waals surface area contributed by atoms with Crippen LogP contribution in [0.5, 0.6) is 0 Å². The van der Waals surface area contributed by atoms with Gasteiger partial charge in [-0.3, -0.25) is 5.32 Å². The average molecular weight is 296 g/mol. The second-order valence-electron chi connectivity index (χ2n) is 4.31. The van der Waals surface area contributed by atoms with Crippen LogP contribution in [0.4, 0.5) is 15.6 Å². The summed E-state index contributed by atoms with van der Waals surface area (Å²) in [7, 11) is 0. The zero-order valence-electron chi connectivity index (χ0n) is 10.6. The van der Waals surface area contributed by atoms with Crippen molar-refractivity contribution in [3.05, 3.63) is 40.4 Å². The number of nitrogens with zero attached hydrogens (tertiary/aromatic N) is 1. The lowest BCUT2D eigenvalue weighted by molar-refractivity contribution is 0.262. The average Bonchev–Trinajstić information content (AvgIpc) is 2.77. The zero-order chi connectivity index (χ0) is 13.8. The molecule has 6 heteroatoms. The first kappa shape index (κ1) is 13.8. The predicted octanol–water partition coefficient (Wildman–Crippen LogP) is 4.56. The number of amides is 2. The van der Waals surface area contributed by atoms with E-state index in [9.17, 15) is 4.79 Å². The third kappa shape index (κ3) is 3.94. The van der Waals surface area contributed by atoms with Crippen molar-refractivity contribution in [2.24, 2.45) is 0 Å². The van der Waals surface area contributed by atoms with Gasteiger partial charge in [0, 0.05) is 21.8 Å². The summed E-state index contributed by atoms with van der Waals surface area (Å²) in [5, 5.41) is 6.57. The van der Waals surface area contributed by atoms with E-state index in [2.05, 4.69) is 29.5 Å². The molecule has 100 valence electrons. The lowest BCUT2D eigenvalue weighted by Crippen LogP contribution is -2.19. The maximum atomic E-state index is 11.8. The number of anilines is 2. The van der Waals surface area contributed by atoms with Gasteiger partial charge in [0.1, 0.15) is 0 Å². The van der Waals surface area contributed by atoms with E-state index in [1.807, 2.05) is 0 Å². The van der Waals surface area contributed by atoms with Crippen molar-refractivity contribution in [3.63, 3.8) is 0 Å². The second kappa shape index (κ2) is 6.04. The molecule has 0 saturated heterocycles. The Morgan fingerprint density at radius 1 is 1.37 bits per heavy atom. The number of carbonyl (C=O) groups is 1. The summed E-state index contributed by atoms with van der Waals surface area (Å²) < 4.78 is 0. The molecule has 2 N–H and O–H groups in total. The summed E-state index contributed by atoms with van der Waals surface area (Å²) in [4.78, 5) is 17.1. The Hall–Kier alpha value is -1.59. The van der Waals surface area contributed by atoms with Gasteiger partial charge in [-0.15, -0.1) is 11.3 Å². The number of halogens is 1. The SMILES string of the molecule is CC(C)c1cnc(NC(=O)Nc2cccc(Cl)c2)s1. The maximum absolute atomic E-state index is 11.8. The van der Waals surface area contributed by atoms with Gasteiger partial charge in [-0.2, -0.15) is 0 Å². The van der Waals surface area contributed by atoms with Crippen molar-refractivity contribution >= 4 is 39.8 Å². The Labute approximate surface area is 120 Å². The van der Waals surface area contributed by atoms with Crippen molar-refractivity contribution in [3.8, 4) is 0 Å². The number of carbonyl (C=O) groups excluding carboxylic acids is 1. The monoisotopic (exact) mass is 295 g/mol.